The summed E-state index contributed by atoms with van der Waals surface area (Å²) in [4.78, 5) is 0. The molecule has 0 radical (unpaired) electrons. The molecule has 1 aromatic heterocycles. The van der Waals surface area contributed by atoms with Crippen molar-refractivity contribution in [3.8, 4) is 0 Å². The van der Waals surface area contributed by atoms with E-state index >= 15 is 0 Å². The van der Waals surface area contributed by atoms with Crippen LogP contribution in [-0.4, -0.2) is 14.9 Å². The van der Waals surface area contributed by atoms with Crippen molar-refractivity contribution < 1.29 is 9.50 Å². The van der Waals surface area contributed by atoms with Crippen molar-refractivity contribution >= 4 is 0 Å². The molecule has 2 rings (SSSR count). The Morgan fingerprint density at radius 1 is 1.39 bits per heavy atom. The highest BCUT2D eigenvalue weighted by atomic mass is 19.1. The highest BCUT2D eigenvalue weighted by Crippen LogP contribution is 2.22. The molecule has 0 saturated heterocycles. The molecule has 0 saturated carbocycles. The first kappa shape index (κ1) is 12.8. The van der Waals surface area contributed by atoms with Crippen LogP contribution in [0.5, 0.6) is 0 Å². The van der Waals surface area contributed by atoms with E-state index in [2.05, 4.69) is 5.10 Å². The van der Waals surface area contributed by atoms with Gasteiger partial charge in [0.15, 0.2) is 0 Å². The summed E-state index contributed by atoms with van der Waals surface area (Å²) in [7, 11) is 1.82. The number of hydrogen-bond acceptors (Lipinski definition) is 2. The Morgan fingerprint density at radius 2 is 2.11 bits per heavy atom. The van der Waals surface area contributed by atoms with Gasteiger partial charge in [-0.05, 0) is 37.1 Å². The lowest BCUT2D eigenvalue weighted by atomic mass is 9.98. The molecule has 0 aliphatic carbocycles. The third-order valence-corrected chi connectivity index (χ3v) is 3.13. The first-order valence-electron chi connectivity index (χ1n) is 5.90. The number of benzene rings is 1. The molecule has 18 heavy (non-hydrogen) atoms. The van der Waals surface area contributed by atoms with Gasteiger partial charge in [-0.2, -0.15) is 5.10 Å². The van der Waals surface area contributed by atoms with Crippen LogP contribution in [0.25, 0.3) is 0 Å². The van der Waals surface area contributed by atoms with Crippen LogP contribution in [0.2, 0.25) is 0 Å². The zero-order valence-corrected chi connectivity index (χ0v) is 10.8. The number of halogens is 1. The Hall–Kier alpha value is -1.68. The monoisotopic (exact) mass is 248 g/mol. The van der Waals surface area contributed by atoms with Gasteiger partial charge in [0.1, 0.15) is 5.82 Å². The van der Waals surface area contributed by atoms with E-state index in [0.29, 0.717) is 6.42 Å². The van der Waals surface area contributed by atoms with Crippen LogP contribution >= 0.6 is 0 Å². The smallest absolute Gasteiger partial charge is 0.123 e. The topological polar surface area (TPSA) is 38.0 Å². The second-order valence-corrected chi connectivity index (χ2v) is 4.63. The summed E-state index contributed by atoms with van der Waals surface area (Å²) in [5.41, 5.74) is 3.41. The van der Waals surface area contributed by atoms with Gasteiger partial charge in [-0.25, -0.2) is 4.39 Å². The summed E-state index contributed by atoms with van der Waals surface area (Å²) in [6.07, 6.45) is 1.55. The summed E-state index contributed by atoms with van der Waals surface area (Å²) in [5, 5.41) is 14.4. The number of hydrogen-bond donors (Lipinski definition) is 1. The largest absolute Gasteiger partial charge is 0.388 e. The lowest BCUT2D eigenvalue weighted by Crippen LogP contribution is -2.04. The fourth-order valence-corrected chi connectivity index (χ4v) is 2.12. The minimum absolute atomic E-state index is 0.272. The summed E-state index contributed by atoms with van der Waals surface area (Å²) < 4.78 is 14.9. The van der Waals surface area contributed by atoms with Gasteiger partial charge in [0.2, 0.25) is 0 Å². The van der Waals surface area contributed by atoms with Crippen molar-refractivity contribution in [3.05, 3.63) is 52.6 Å². The molecular formula is C14H17FN2O. The molecule has 0 aliphatic rings. The maximum atomic E-state index is 13.2. The van der Waals surface area contributed by atoms with Crippen molar-refractivity contribution in [1.82, 2.24) is 9.78 Å². The average Bonchev–Trinajstić information content (AvgIpc) is 2.63. The number of rotatable bonds is 3. The standard InChI is InChI=1S/C14H17FN2O/c1-9-4-5-12(15)6-11(9)7-14(18)13-8-17(3)16-10(13)2/h4-6,8,14,18H,7H2,1-3H3. The van der Waals surface area contributed by atoms with Crippen LogP contribution in [0.3, 0.4) is 0 Å². The minimum Gasteiger partial charge on any atom is -0.388 e. The van der Waals surface area contributed by atoms with Gasteiger partial charge in [-0.15, -0.1) is 0 Å². The van der Waals surface area contributed by atoms with Crippen LogP contribution in [0.15, 0.2) is 24.4 Å². The second-order valence-electron chi connectivity index (χ2n) is 4.63. The molecule has 1 aromatic carbocycles. The number of aliphatic hydroxyl groups is 1. The van der Waals surface area contributed by atoms with E-state index in [0.717, 1.165) is 22.4 Å². The van der Waals surface area contributed by atoms with E-state index in [1.54, 1.807) is 16.9 Å². The van der Waals surface area contributed by atoms with Gasteiger partial charge >= 0.3 is 0 Å². The van der Waals surface area contributed by atoms with E-state index in [1.165, 1.54) is 12.1 Å². The number of aryl methyl sites for hydroxylation is 3. The predicted octanol–water partition coefficient (Wildman–Crippen LogP) is 2.45. The molecule has 3 nitrogen and oxygen atoms in total. The Morgan fingerprint density at radius 3 is 2.72 bits per heavy atom. The van der Waals surface area contributed by atoms with Crippen molar-refractivity contribution in [2.45, 2.75) is 26.4 Å². The maximum absolute atomic E-state index is 13.2. The molecule has 1 N–H and O–H groups in total. The molecule has 0 fully saturated rings. The molecule has 0 bridgehead atoms. The number of nitrogens with zero attached hydrogens (tertiary/aromatic N) is 2. The highest BCUT2D eigenvalue weighted by Gasteiger charge is 2.15. The van der Waals surface area contributed by atoms with E-state index < -0.39 is 6.10 Å². The van der Waals surface area contributed by atoms with Crippen molar-refractivity contribution in [1.29, 1.82) is 0 Å². The summed E-state index contributed by atoms with van der Waals surface area (Å²) in [6, 6.07) is 4.64. The second kappa shape index (κ2) is 4.90. The Balaban J connectivity index is 2.23. The number of aliphatic hydroxyl groups excluding tert-OH is 1. The van der Waals surface area contributed by atoms with E-state index in [9.17, 15) is 9.50 Å². The molecule has 0 aliphatic heterocycles. The van der Waals surface area contributed by atoms with Gasteiger partial charge in [0.05, 0.1) is 11.8 Å². The van der Waals surface area contributed by atoms with Gasteiger partial charge in [0.25, 0.3) is 0 Å². The van der Waals surface area contributed by atoms with Gasteiger partial charge in [0, 0.05) is 25.2 Å². The normalized spacial score (nSPS) is 12.7. The molecular weight excluding hydrogens is 231 g/mol. The zero-order valence-electron chi connectivity index (χ0n) is 10.8. The van der Waals surface area contributed by atoms with Crippen LogP contribution in [0, 0.1) is 19.7 Å². The Bertz CT molecular complexity index is 563. The third-order valence-electron chi connectivity index (χ3n) is 3.13. The van der Waals surface area contributed by atoms with Gasteiger partial charge in [-0.1, -0.05) is 6.07 Å². The van der Waals surface area contributed by atoms with E-state index in [4.69, 9.17) is 0 Å². The van der Waals surface area contributed by atoms with Gasteiger partial charge in [-0.3, -0.25) is 4.68 Å². The fourth-order valence-electron chi connectivity index (χ4n) is 2.12. The molecule has 1 heterocycles. The quantitative estimate of drug-likeness (QED) is 0.906. The first-order valence-corrected chi connectivity index (χ1v) is 5.90. The lowest BCUT2D eigenvalue weighted by Gasteiger charge is -2.12. The van der Waals surface area contributed by atoms with Crippen molar-refractivity contribution in [2.24, 2.45) is 7.05 Å². The number of aromatic nitrogens is 2. The van der Waals surface area contributed by atoms with E-state index in [-0.39, 0.29) is 5.82 Å². The van der Waals surface area contributed by atoms with Crippen LogP contribution in [0.1, 0.15) is 28.5 Å². The predicted molar refractivity (Wildman–Crippen MR) is 67.7 cm³/mol. The molecule has 0 amide bonds. The average molecular weight is 248 g/mol. The summed E-state index contributed by atoms with van der Waals surface area (Å²) in [6.45, 7) is 3.77. The fraction of sp³-hybridized carbons (Fsp3) is 0.357. The molecule has 2 aromatic rings. The third kappa shape index (κ3) is 2.59. The summed E-state index contributed by atoms with van der Waals surface area (Å²) in [5.74, 6) is -0.272. The first-order chi connectivity index (χ1) is 8.47. The van der Waals surface area contributed by atoms with Crippen LogP contribution in [0.4, 0.5) is 4.39 Å². The Labute approximate surface area is 106 Å². The zero-order chi connectivity index (χ0) is 13.3. The lowest BCUT2D eigenvalue weighted by molar-refractivity contribution is 0.177. The van der Waals surface area contributed by atoms with Crippen LogP contribution in [-0.2, 0) is 13.5 Å². The van der Waals surface area contributed by atoms with Crippen LogP contribution < -0.4 is 0 Å². The molecule has 1 unspecified atom stereocenters. The maximum Gasteiger partial charge on any atom is 0.123 e. The van der Waals surface area contributed by atoms with Crippen molar-refractivity contribution in [3.63, 3.8) is 0 Å². The summed E-state index contributed by atoms with van der Waals surface area (Å²) >= 11 is 0. The van der Waals surface area contributed by atoms with Crippen molar-refractivity contribution in [2.75, 3.05) is 0 Å². The Kier molecular flexibility index (Phi) is 3.48. The highest BCUT2D eigenvalue weighted by molar-refractivity contribution is 5.29. The van der Waals surface area contributed by atoms with E-state index in [1.807, 2.05) is 20.9 Å². The molecule has 96 valence electrons. The van der Waals surface area contributed by atoms with Gasteiger partial charge < -0.3 is 5.11 Å². The SMILES string of the molecule is Cc1ccc(F)cc1CC(O)c1cn(C)nc1C. The molecule has 4 heteroatoms. The molecule has 0 spiro atoms. The molecule has 1 atom stereocenters. The minimum atomic E-state index is -0.654.